The fourth-order valence-corrected chi connectivity index (χ4v) is 3.31. The van der Waals surface area contributed by atoms with E-state index in [9.17, 15) is 8.42 Å². The molecule has 2 N–H and O–H groups in total. The molecule has 0 saturated heterocycles. The van der Waals surface area contributed by atoms with E-state index in [2.05, 4.69) is 15.0 Å². The highest BCUT2D eigenvalue weighted by Crippen LogP contribution is 2.17. The van der Waals surface area contributed by atoms with E-state index in [-0.39, 0.29) is 4.90 Å². The van der Waals surface area contributed by atoms with Crippen LogP contribution in [-0.2, 0) is 23.0 Å². The van der Waals surface area contributed by atoms with Gasteiger partial charge in [-0.15, -0.1) is 0 Å². The number of sulfonamides is 1. The fraction of sp³-hybridized carbons (Fsp3) is 0.167. The minimum atomic E-state index is -3.62. The van der Waals surface area contributed by atoms with Gasteiger partial charge in [0.1, 0.15) is 11.6 Å². The summed E-state index contributed by atoms with van der Waals surface area (Å²) in [5, 5.41) is 3.10. The molecule has 0 amide bonds. The summed E-state index contributed by atoms with van der Waals surface area (Å²) in [6.45, 7) is 2.53. The highest BCUT2D eigenvalue weighted by molar-refractivity contribution is 7.92. The number of pyridine rings is 1. The van der Waals surface area contributed by atoms with Crippen molar-refractivity contribution in [3.05, 3.63) is 72.3 Å². The van der Waals surface area contributed by atoms with Crippen molar-refractivity contribution in [1.29, 1.82) is 0 Å². The first kappa shape index (κ1) is 17.0. The molecule has 0 spiro atoms. The van der Waals surface area contributed by atoms with Crippen molar-refractivity contribution in [2.45, 2.75) is 24.8 Å². The third-order valence-corrected chi connectivity index (χ3v) is 5.08. The number of benzene rings is 1. The maximum atomic E-state index is 12.4. The summed E-state index contributed by atoms with van der Waals surface area (Å²) in [6, 6.07) is 13.9. The van der Waals surface area contributed by atoms with Crippen molar-refractivity contribution in [2.24, 2.45) is 0 Å². The molecule has 0 radical (unpaired) electrons. The lowest BCUT2D eigenvalue weighted by Gasteiger charge is -2.09. The van der Waals surface area contributed by atoms with Crippen LogP contribution >= 0.6 is 0 Å². The molecule has 3 rings (SSSR count). The van der Waals surface area contributed by atoms with Gasteiger partial charge in [-0.25, -0.2) is 13.4 Å². The molecule has 0 aliphatic heterocycles. The van der Waals surface area contributed by atoms with Crippen molar-refractivity contribution in [3.63, 3.8) is 0 Å². The number of rotatable bonds is 7. The lowest BCUT2D eigenvalue weighted by molar-refractivity contribution is 0.518. The quantitative estimate of drug-likeness (QED) is 0.674. The molecule has 2 heterocycles. The standard InChI is InChI=1S/C18H19N3O3S/c1-2-14-5-8-17(9-6-14)25(22,23)21-15-7-10-18(19-12-15)20-13-16-4-3-11-24-16/h3-12,21H,2,13H2,1H3,(H,19,20). The van der Waals surface area contributed by atoms with E-state index in [4.69, 9.17) is 4.42 Å². The zero-order chi connectivity index (χ0) is 17.7. The normalized spacial score (nSPS) is 11.2. The van der Waals surface area contributed by atoms with Crippen molar-refractivity contribution in [2.75, 3.05) is 10.0 Å². The molecule has 0 atom stereocenters. The fourth-order valence-electron chi connectivity index (χ4n) is 2.27. The van der Waals surface area contributed by atoms with E-state index in [1.807, 2.05) is 31.2 Å². The average molecular weight is 357 g/mol. The van der Waals surface area contributed by atoms with Gasteiger partial charge in [0, 0.05) is 0 Å². The minimum absolute atomic E-state index is 0.227. The Morgan fingerprint density at radius 3 is 2.48 bits per heavy atom. The molecule has 6 nitrogen and oxygen atoms in total. The second kappa shape index (κ2) is 7.40. The average Bonchev–Trinajstić information content (AvgIpc) is 3.14. The molecule has 0 aliphatic carbocycles. The van der Waals surface area contributed by atoms with Gasteiger partial charge < -0.3 is 9.73 Å². The van der Waals surface area contributed by atoms with Gasteiger partial charge in [0.2, 0.25) is 0 Å². The summed E-state index contributed by atoms with van der Waals surface area (Å²) >= 11 is 0. The first-order chi connectivity index (χ1) is 12.1. The lowest BCUT2D eigenvalue weighted by Crippen LogP contribution is -2.13. The van der Waals surface area contributed by atoms with E-state index >= 15 is 0 Å². The maximum Gasteiger partial charge on any atom is 0.261 e. The number of aromatic nitrogens is 1. The Bertz CT molecular complexity index is 903. The van der Waals surface area contributed by atoms with Crippen molar-refractivity contribution >= 4 is 21.5 Å². The second-order valence-corrected chi connectivity index (χ2v) is 7.15. The zero-order valence-corrected chi connectivity index (χ0v) is 14.6. The Labute approximate surface area is 147 Å². The van der Waals surface area contributed by atoms with Gasteiger partial charge in [-0.3, -0.25) is 4.72 Å². The molecule has 0 saturated carbocycles. The molecular formula is C18H19N3O3S. The molecule has 25 heavy (non-hydrogen) atoms. The second-order valence-electron chi connectivity index (χ2n) is 5.47. The highest BCUT2D eigenvalue weighted by atomic mass is 32.2. The van der Waals surface area contributed by atoms with Crippen molar-refractivity contribution in [1.82, 2.24) is 4.98 Å². The van der Waals surface area contributed by atoms with Crippen molar-refractivity contribution in [3.8, 4) is 0 Å². The number of nitrogens with one attached hydrogen (secondary N) is 2. The number of hydrogen-bond donors (Lipinski definition) is 2. The molecule has 0 bridgehead atoms. The predicted octanol–water partition coefficient (Wildman–Crippen LogP) is 3.65. The van der Waals surface area contributed by atoms with E-state index in [0.717, 1.165) is 17.7 Å². The van der Waals surface area contributed by atoms with Crippen LogP contribution in [-0.4, -0.2) is 13.4 Å². The van der Waals surface area contributed by atoms with Gasteiger partial charge in [-0.2, -0.15) is 0 Å². The van der Waals surface area contributed by atoms with Gasteiger partial charge in [0.05, 0.1) is 29.6 Å². The van der Waals surface area contributed by atoms with Crippen LogP contribution in [0.1, 0.15) is 18.2 Å². The Hall–Kier alpha value is -2.80. The van der Waals surface area contributed by atoms with E-state index in [1.54, 1.807) is 30.5 Å². The summed E-state index contributed by atoms with van der Waals surface area (Å²) in [5.41, 5.74) is 1.50. The predicted molar refractivity (Wildman–Crippen MR) is 96.9 cm³/mol. The number of nitrogens with zero attached hydrogens (tertiary/aromatic N) is 1. The summed E-state index contributed by atoms with van der Waals surface area (Å²) in [5.74, 6) is 1.42. The van der Waals surface area contributed by atoms with Crippen LogP contribution in [0, 0.1) is 0 Å². The molecule has 0 fully saturated rings. The van der Waals surface area contributed by atoms with Crippen LogP contribution in [0.25, 0.3) is 0 Å². The number of hydrogen-bond acceptors (Lipinski definition) is 5. The summed E-state index contributed by atoms with van der Waals surface area (Å²) in [4.78, 5) is 4.43. The smallest absolute Gasteiger partial charge is 0.261 e. The van der Waals surface area contributed by atoms with Crippen LogP contribution in [0.4, 0.5) is 11.5 Å². The summed E-state index contributed by atoms with van der Waals surface area (Å²) < 4.78 is 32.6. The number of aryl methyl sites for hydroxylation is 1. The Kier molecular flexibility index (Phi) is 5.04. The minimum Gasteiger partial charge on any atom is -0.467 e. The summed E-state index contributed by atoms with van der Waals surface area (Å²) in [7, 11) is -3.62. The summed E-state index contributed by atoms with van der Waals surface area (Å²) in [6.07, 6.45) is 3.95. The Morgan fingerprint density at radius 2 is 1.88 bits per heavy atom. The van der Waals surface area contributed by atoms with Gasteiger partial charge >= 0.3 is 0 Å². The van der Waals surface area contributed by atoms with Crippen molar-refractivity contribution < 1.29 is 12.8 Å². The topological polar surface area (TPSA) is 84.2 Å². The zero-order valence-electron chi connectivity index (χ0n) is 13.8. The molecule has 130 valence electrons. The van der Waals surface area contributed by atoms with Gasteiger partial charge in [-0.1, -0.05) is 19.1 Å². The Balaban J connectivity index is 1.65. The Morgan fingerprint density at radius 1 is 1.08 bits per heavy atom. The molecular weight excluding hydrogens is 338 g/mol. The van der Waals surface area contributed by atoms with Gasteiger partial charge in [-0.05, 0) is 48.4 Å². The van der Waals surface area contributed by atoms with E-state index in [0.29, 0.717) is 18.1 Å². The van der Waals surface area contributed by atoms with E-state index < -0.39 is 10.0 Å². The SMILES string of the molecule is CCc1ccc(S(=O)(=O)Nc2ccc(NCc3ccco3)nc2)cc1. The molecule has 1 aromatic carbocycles. The molecule has 0 aliphatic rings. The molecule has 0 unspecified atom stereocenters. The van der Waals surface area contributed by atoms with E-state index in [1.165, 1.54) is 6.20 Å². The number of anilines is 2. The highest BCUT2D eigenvalue weighted by Gasteiger charge is 2.14. The van der Waals surface area contributed by atoms with Crippen LogP contribution in [0.3, 0.4) is 0 Å². The first-order valence-electron chi connectivity index (χ1n) is 7.91. The molecule has 2 aromatic heterocycles. The number of furan rings is 1. The molecule has 7 heteroatoms. The van der Waals surface area contributed by atoms with Crippen LogP contribution < -0.4 is 10.0 Å². The largest absolute Gasteiger partial charge is 0.467 e. The van der Waals surface area contributed by atoms with Crippen LogP contribution in [0.2, 0.25) is 0 Å². The first-order valence-corrected chi connectivity index (χ1v) is 9.39. The maximum absolute atomic E-state index is 12.4. The monoisotopic (exact) mass is 357 g/mol. The molecule has 3 aromatic rings. The third kappa shape index (κ3) is 4.39. The lowest BCUT2D eigenvalue weighted by atomic mass is 10.2. The van der Waals surface area contributed by atoms with Crippen LogP contribution in [0.5, 0.6) is 0 Å². The van der Waals surface area contributed by atoms with Gasteiger partial charge in [0.15, 0.2) is 0 Å². The van der Waals surface area contributed by atoms with Gasteiger partial charge in [0.25, 0.3) is 10.0 Å². The van der Waals surface area contributed by atoms with Crippen LogP contribution in [0.15, 0.2) is 70.3 Å². The third-order valence-electron chi connectivity index (χ3n) is 3.68.